The van der Waals surface area contributed by atoms with Crippen LogP contribution < -0.4 is 14.4 Å². The van der Waals surface area contributed by atoms with Crippen molar-refractivity contribution in [3.8, 4) is 11.5 Å². The van der Waals surface area contributed by atoms with Gasteiger partial charge in [0.15, 0.2) is 6.29 Å². The van der Waals surface area contributed by atoms with Crippen molar-refractivity contribution in [2.45, 2.75) is 44.6 Å². The Kier molecular flexibility index (Phi) is 8.69. The Balaban J connectivity index is 1.63. The predicted octanol–water partition coefficient (Wildman–Crippen LogP) is 6.18. The minimum Gasteiger partial charge on any atom is -0.497 e. The molecule has 1 saturated heterocycles. The van der Waals surface area contributed by atoms with Crippen LogP contribution in [0.2, 0.25) is 5.02 Å². The van der Waals surface area contributed by atoms with Gasteiger partial charge in [0.05, 0.1) is 37.1 Å². The molecule has 1 N–H and O–H groups in total. The molecule has 1 fully saturated rings. The molecule has 38 heavy (non-hydrogen) atoms. The molecule has 0 bridgehead atoms. The van der Waals surface area contributed by atoms with E-state index in [0.29, 0.717) is 22.2 Å². The first-order valence-electron chi connectivity index (χ1n) is 11.9. The molecule has 7 nitrogen and oxygen atoms in total. The van der Waals surface area contributed by atoms with E-state index in [-0.39, 0.29) is 25.3 Å². The van der Waals surface area contributed by atoms with Crippen molar-refractivity contribution in [1.82, 2.24) is 9.78 Å². The van der Waals surface area contributed by atoms with E-state index in [0.717, 1.165) is 16.4 Å². The largest absolute Gasteiger partial charge is 0.497 e. The zero-order valence-electron chi connectivity index (χ0n) is 20.8. The van der Waals surface area contributed by atoms with E-state index in [1.165, 1.54) is 11.0 Å². The molecule has 2 atom stereocenters. The fourth-order valence-electron chi connectivity index (χ4n) is 4.50. The van der Waals surface area contributed by atoms with E-state index in [1.807, 2.05) is 12.1 Å². The minimum absolute atomic E-state index is 0.0678. The number of nitrogens with zero attached hydrogens (tertiary/aromatic N) is 3. The molecule has 0 radical (unpaired) electrons. The molecular weight excluding hydrogens is 530 g/mol. The van der Waals surface area contributed by atoms with Gasteiger partial charge in [0.1, 0.15) is 23.8 Å². The summed E-state index contributed by atoms with van der Waals surface area (Å²) in [5.41, 5.74) is 0.215. The van der Waals surface area contributed by atoms with Gasteiger partial charge in [0, 0.05) is 24.6 Å². The second-order valence-electron chi connectivity index (χ2n) is 8.88. The molecule has 3 aromatic rings. The van der Waals surface area contributed by atoms with Gasteiger partial charge in [-0.3, -0.25) is 4.68 Å². The van der Waals surface area contributed by atoms with Gasteiger partial charge in [-0.05, 0) is 42.8 Å². The number of anilines is 1. The summed E-state index contributed by atoms with van der Waals surface area (Å²) >= 11 is 6.20. The molecule has 0 amide bonds. The highest BCUT2D eigenvalue weighted by Crippen LogP contribution is 2.42. The van der Waals surface area contributed by atoms with Crippen LogP contribution in [0.4, 0.5) is 23.2 Å². The van der Waals surface area contributed by atoms with E-state index in [2.05, 4.69) is 5.10 Å². The highest BCUT2D eigenvalue weighted by Gasteiger charge is 2.43. The predicted molar refractivity (Wildman–Crippen MR) is 133 cm³/mol. The van der Waals surface area contributed by atoms with Crippen LogP contribution in [0.15, 0.2) is 48.7 Å². The molecule has 206 valence electrons. The number of rotatable bonds is 10. The first-order chi connectivity index (χ1) is 18.1. The minimum atomic E-state index is -3.23. The van der Waals surface area contributed by atoms with Gasteiger partial charge in [-0.15, -0.1) is 0 Å². The maximum atomic E-state index is 15.0. The molecule has 1 aliphatic rings. The quantitative estimate of drug-likeness (QED) is 0.237. The van der Waals surface area contributed by atoms with E-state index < -0.39 is 43.3 Å². The van der Waals surface area contributed by atoms with Crippen LogP contribution >= 0.6 is 11.6 Å². The Labute approximate surface area is 222 Å². The Hall–Kier alpha value is -3.02. The van der Waals surface area contributed by atoms with E-state index in [4.69, 9.17) is 25.8 Å². The first-order valence-corrected chi connectivity index (χ1v) is 12.3. The number of aliphatic hydroxyl groups is 1. The van der Waals surface area contributed by atoms with Crippen LogP contribution in [0, 0.1) is 0 Å². The van der Waals surface area contributed by atoms with Crippen molar-refractivity contribution < 1.29 is 36.9 Å². The molecule has 1 aromatic heterocycles. The second-order valence-corrected chi connectivity index (χ2v) is 9.32. The number of ether oxygens (including phenoxy) is 3. The molecule has 2 unspecified atom stereocenters. The fourth-order valence-corrected chi connectivity index (χ4v) is 4.67. The number of benzene rings is 2. The van der Waals surface area contributed by atoms with Crippen molar-refractivity contribution in [2.24, 2.45) is 0 Å². The second kappa shape index (κ2) is 11.8. The molecule has 4 rings (SSSR count). The van der Waals surface area contributed by atoms with E-state index in [9.17, 15) is 13.9 Å². The van der Waals surface area contributed by atoms with Crippen molar-refractivity contribution in [3.05, 3.63) is 70.5 Å². The van der Waals surface area contributed by atoms with Crippen molar-refractivity contribution in [3.63, 3.8) is 0 Å². The van der Waals surface area contributed by atoms with Gasteiger partial charge in [0.2, 0.25) is 0 Å². The molecule has 12 heteroatoms. The Morgan fingerprint density at radius 1 is 1.18 bits per heavy atom. The third-order valence-electron chi connectivity index (χ3n) is 6.21. The summed E-state index contributed by atoms with van der Waals surface area (Å²) in [6.07, 6.45) is -4.40. The van der Waals surface area contributed by atoms with Gasteiger partial charge < -0.3 is 24.2 Å². The molecule has 1 aliphatic heterocycles. The fraction of sp³-hybridized carbons (Fsp3) is 0.423. The topological polar surface area (TPSA) is 69.0 Å². The molecular formula is C26H28ClF4N3O4. The Bertz CT molecular complexity index is 1230. The van der Waals surface area contributed by atoms with Crippen LogP contribution in [0.3, 0.4) is 0 Å². The number of methoxy groups -OCH3 is 1. The monoisotopic (exact) mass is 557 g/mol. The molecule has 2 aromatic carbocycles. The number of aromatic nitrogens is 2. The van der Waals surface area contributed by atoms with Gasteiger partial charge in [-0.25, -0.2) is 17.6 Å². The third-order valence-corrected chi connectivity index (χ3v) is 6.44. The average Bonchev–Trinajstić information content (AvgIpc) is 3.33. The molecule has 0 spiro atoms. The summed E-state index contributed by atoms with van der Waals surface area (Å²) < 4.78 is 75.1. The standard InChI is InChI=1S/C26H28ClF4N3O4/c1-3-37-25(35)20-12-32-34(23(20)24(28)29)18-11-26(30,31)15-33(13-18)21-10-17(27)6-9-22(21)38-14-16-4-7-19(36-2)8-5-16/h4-10,12,18,24-25,35H,3,11,13-15H2,1-2H3. The van der Waals surface area contributed by atoms with Crippen LogP contribution in [0.5, 0.6) is 11.5 Å². The van der Waals surface area contributed by atoms with E-state index >= 15 is 8.78 Å². The number of halogens is 5. The lowest BCUT2D eigenvalue weighted by atomic mass is 10.0. The lowest BCUT2D eigenvalue weighted by Gasteiger charge is -2.40. The number of alkyl halides is 4. The van der Waals surface area contributed by atoms with Gasteiger partial charge in [0.25, 0.3) is 12.3 Å². The summed E-state index contributed by atoms with van der Waals surface area (Å²) in [6.45, 7) is 1.08. The lowest BCUT2D eigenvalue weighted by Crippen LogP contribution is -2.48. The maximum Gasteiger partial charge on any atom is 0.280 e. The summed E-state index contributed by atoms with van der Waals surface area (Å²) in [4.78, 5) is 1.36. The smallest absolute Gasteiger partial charge is 0.280 e. The Morgan fingerprint density at radius 3 is 2.58 bits per heavy atom. The van der Waals surface area contributed by atoms with Gasteiger partial charge >= 0.3 is 0 Å². The number of aliphatic hydroxyl groups excluding tert-OH is 1. The molecule has 0 saturated carbocycles. The zero-order chi connectivity index (χ0) is 27.4. The maximum absolute atomic E-state index is 15.0. The number of hydrogen-bond donors (Lipinski definition) is 1. The number of piperidine rings is 1. The highest BCUT2D eigenvalue weighted by atomic mass is 35.5. The normalized spacial score (nSPS) is 18.0. The van der Waals surface area contributed by atoms with E-state index in [1.54, 1.807) is 38.3 Å². The highest BCUT2D eigenvalue weighted by molar-refractivity contribution is 6.30. The van der Waals surface area contributed by atoms with Crippen molar-refractivity contribution in [2.75, 3.05) is 31.7 Å². The average molecular weight is 558 g/mol. The summed E-state index contributed by atoms with van der Waals surface area (Å²) in [7, 11) is 1.56. The van der Waals surface area contributed by atoms with Crippen LogP contribution in [-0.2, 0) is 11.3 Å². The Morgan fingerprint density at radius 2 is 1.92 bits per heavy atom. The number of hydrogen-bond acceptors (Lipinski definition) is 6. The van der Waals surface area contributed by atoms with Gasteiger partial charge in [-0.2, -0.15) is 5.10 Å². The summed E-state index contributed by atoms with van der Waals surface area (Å²) in [5.74, 6) is -2.24. The lowest BCUT2D eigenvalue weighted by molar-refractivity contribution is -0.0999. The third kappa shape index (κ3) is 6.33. The first kappa shape index (κ1) is 28.0. The SMILES string of the molecule is CCOC(O)c1cnn(C2CN(c3cc(Cl)ccc3OCc3ccc(OC)cc3)CC(F)(F)C2)c1C(F)F. The van der Waals surface area contributed by atoms with Crippen molar-refractivity contribution >= 4 is 17.3 Å². The van der Waals surface area contributed by atoms with Crippen LogP contribution in [-0.4, -0.2) is 47.6 Å². The summed E-state index contributed by atoms with van der Waals surface area (Å²) in [5, 5.41) is 14.4. The van der Waals surface area contributed by atoms with Gasteiger partial charge in [-0.1, -0.05) is 23.7 Å². The summed E-state index contributed by atoms with van der Waals surface area (Å²) in [6, 6.07) is 10.7. The molecule has 0 aliphatic carbocycles. The zero-order valence-corrected chi connectivity index (χ0v) is 21.5. The van der Waals surface area contributed by atoms with Crippen LogP contribution in [0.25, 0.3) is 0 Å². The molecule has 2 heterocycles. The van der Waals surface area contributed by atoms with Crippen LogP contribution in [0.1, 0.15) is 48.9 Å². The van der Waals surface area contributed by atoms with Crippen molar-refractivity contribution in [1.29, 1.82) is 0 Å².